The molecule has 484 valence electrons. The summed E-state index contributed by atoms with van der Waals surface area (Å²) in [7, 11) is 8.32. The Hall–Kier alpha value is -12.2. The van der Waals surface area contributed by atoms with Crippen molar-refractivity contribution in [2.24, 2.45) is 28.2 Å². The van der Waals surface area contributed by atoms with Crippen LogP contribution < -0.4 is 40.9 Å². The van der Waals surface area contributed by atoms with Crippen LogP contribution in [0.15, 0.2) is 274 Å². The fourth-order valence-corrected chi connectivity index (χ4v) is 15.7. The number of fused-ring (bicyclic) bond motifs is 18. The largest absolute Gasteiger partial charge is 2.00 e. The second-order valence-electron chi connectivity index (χ2n) is 25.7. The Morgan fingerprint density at radius 3 is 1.75 bits per heavy atom. The van der Waals surface area contributed by atoms with Gasteiger partial charge in [-0.2, -0.15) is 32.9 Å². The minimum absolute atomic E-state index is 0. The van der Waals surface area contributed by atoms with Gasteiger partial charge in [0, 0.05) is 51.5 Å². The number of aryl methyl sites for hydroxylation is 4. The zero-order valence-corrected chi connectivity index (χ0v) is 60.2. The van der Waals surface area contributed by atoms with Crippen LogP contribution in [0.3, 0.4) is 0 Å². The van der Waals surface area contributed by atoms with Crippen LogP contribution in [0.1, 0.15) is 11.1 Å². The van der Waals surface area contributed by atoms with Crippen molar-refractivity contribution in [2.75, 3.05) is 0 Å². The molecule has 17 heterocycles. The quantitative estimate of drug-likeness (QED) is 0.0760. The Kier molecular flexibility index (Phi) is 15.9. The third-order valence-corrected chi connectivity index (χ3v) is 19.9. The molecule has 0 spiro atoms. The first-order valence-electron chi connectivity index (χ1n) is 33.1. The maximum atomic E-state index is 4.70. The summed E-state index contributed by atoms with van der Waals surface area (Å²) in [5, 5.41) is 14.3. The molecule has 23 rings (SSSR count). The molecule has 0 N–H and O–H groups in total. The molecule has 0 saturated carbocycles. The van der Waals surface area contributed by atoms with E-state index in [9.17, 15) is 0 Å². The number of hydrogen-bond acceptors (Lipinski definition) is 4. The third kappa shape index (κ3) is 10.1. The predicted molar refractivity (Wildman–Crippen MR) is 382 cm³/mol. The molecule has 18 aromatic rings. The van der Waals surface area contributed by atoms with Gasteiger partial charge in [0.1, 0.15) is 58.8 Å². The van der Waals surface area contributed by atoms with Crippen LogP contribution in [0.5, 0.6) is 0 Å². The van der Waals surface area contributed by atoms with Gasteiger partial charge in [0.15, 0.2) is 65.6 Å². The average molecular weight is 1380 g/mol. The summed E-state index contributed by atoms with van der Waals surface area (Å²) in [6.07, 6.45) is 22.6. The molecule has 0 fully saturated rings. The molecular weight excluding hydrogens is 1300 g/mol. The Balaban J connectivity index is 0.0000000985. The van der Waals surface area contributed by atoms with E-state index in [0.717, 1.165) is 61.3 Å². The summed E-state index contributed by atoms with van der Waals surface area (Å²) in [6, 6.07) is 72.1. The number of hydrogen-bond donors (Lipinski definition) is 0. The van der Waals surface area contributed by atoms with Gasteiger partial charge in [-0.05, 0) is 42.5 Å². The average Bonchev–Trinajstić information content (AvgIpc) is 1.55. The molecule has 0 saturated heterocycles. The minimum Gasteiger partial charge on any atom is -0.358 e. The van der Waals surface area contributed by atoms with Gasteiger partial charge in [0.25, 0.3) is 16.8 Å². The molecule has 0 unspecified atom stereocenters. The normalized spacial score (nSPS) is 12.3. The van der Waals surface area contributed by atoms with Gasteiger partial charge >= 0.3 is 37.0 Å². The second-order valence-corrected chi connectivity index (χ2v) is 25.7. The van der Waals surface area contributed by atoms with Gasteiger partial charge in [0.05, 0.1) is 52.4 Å². The second kappa shape index (κ2) is 25.3. The van der Waals surface area contributed by atoms with Crippen molar-refractivity contribution in [2.45, 2.75) is 33.1 Å². The van der Waals surface area contributed by atoms with Crippen LogP contribution in [0.2, 0.25) is 0 Å². The molecular formula is C82H73N18Zn+9. The smallest absolute Gasteiger partial charge is 0.358 e. The number of nitrogens with zero attached hydrogens (tertiary/aromatic N) is 18. The molecule has 0 bridgehead atoms. The topological polar surface area (TPSA) is 111 Å². The van der Waals surface area contributed by atoms with E-state index in [1.165, 1.54) is 117 Å². The number of benzene rings is 6. The van der Waals surface area contributed by atoms with Crippen molar-refractivity contribution < 1.29 is 60.4 Å². The summed E-state index contributed by atoms with van der Waals surface area (Å²) in [6.45, 7) is 4.32. The van der Waals surface area contributed by atoms with Gasteiger partial charge in [-0.1, -0.05) is 133 Å². The molecule has 0 aliphatic carbocycles. The van der Waals surface area contributed by atoms with E-state index in [0.29, 0.717) is 0 Å². The number of imidazole rings is 3. The maximum absolute atomic E-state index is 4.70. The van der Waals surface area contributed by atoms with Crippen LogP contribution >= 0.6 is 0 Å². The van der Waals surface area contributed by atoms with E-state index in [2.05, 4.69) is 298 Å². The first-order valence-corrected chi connectivity index (χ1v) is 33.1. The Morgan fingerprint density at radius 2 is 1.02 bits per heavy atom. The molecule has 0 amide bonds. The van der Waals surface area contributed by atoms with Crippen molar-refractivity contribution in [1.29, 1.82) is 0 Å². The molecule has 19 heteroatoms. The molecule has 6 aromatic carbocycles. The van der Waals surface area contributed by atoms with Crippen LogP contribution in [-0.2, 0) is 80.8 Å². The van der Waals surface area contributed by atoms with Crippen molar-refractivity contribution in [3.63, 3.8) is 0 Å². The maximum Gasteiger partial charge on any atom is 2.00 e. The molecule has 12 aromatic heterocycles. The van der Waals surface area contributed by atoms with Crippen molar-refractivity contribution in [3.8, 4) is 68.5 Å². The standard InChI is InChI=1S/C22H17N3.C19H12N3.2C15H14N4.C9H10N4.2CH3.Zn/c1-23-12-6-11-18-21(23)17-10-5-9-16-13-24-19(15-7-3-2-4-8-15)14-25(18)22(24)20(16)17;1-2-8-15-14(7-1)21-11-12-5-3-6-13-17(12)19(21)22(15)16-9-4-10-20-18(13)16;1-17-8-5-9-18-11-19-13(15(17)18)10-16-14(19)12-6-3-2-4-7-12;1-17-8-5-9-18-11-19-14(15(17)18)10-13(16-19)12-6-3-2-4-7-12;1-11-5-2-6-12-7-13-8(9(11)12)3-4-10-13;;;/h2-12,14H,13H2,1H3;1-10H,11H2;2*2-10H,11H2,1H3;2-6H,7H2,1H3;2*1H3;/q+2;+1;3*+2;2*-1;+2. The van der Waals surface area contributed by atoms with E-state index in [4.69, 9.17) is 5.10 Å². The third-order valence-electron chi connectivity index (χ3n) is 19.9. The molecule has 101 heavy (non-hydrogen) atoms. The molecule has 0 radical (unpaired) electrons. The van der Waals surface area contributed by atoms with E-state index >= 15 is 0 Å². The number of rotatable bonds is 3. The first-order chi connectivity index (χ1) is 48.3. The summed E-state index contributed by atoms with van der Waals surface area (Å²) in [5.74, 6) is 4.62. The number of aromatic nitrogens is 18. The molecule has 18 nitrogen and oxygen atoms in total. The number of para-hydroxylation sites is 2. The van der Waals surface area contributed by atoms with Crippen molar-refractivity contribution in [3.05, 3.63) is 300 Å². The Morgan fingerprint density at radius 1 is 0.426 bits per heavy atom. The van der Waals surface area contributed by atoms with E-state index in [-0.39, 0.29) is 34.3 Å². The Bertz CT molecular complexity index is 6270. The van der Waals surface area contributed by atoms with E-state index < -0.39 is 0 Å². The molecule has 5 aliphatic rings. The van der Waals surface area contributed by atoms with Gasteiger partial charge < -0.3 is 14.9 Å². The fraction of sp³-hybridized carbons (Fsp3) is 0.110. The Labute approximate surface area is 595 Å². The summed E-state index contributed by atoms with van der Waals surface area (Å²) in [5.41, 5.74) is 22.2. The zero-order valence-electron chi connectivity index (χ0n) is 57.3. The van der Waals surface area contributed by atoms with Crippen molar-refractivity contribution in [1.82, 2.24) is 43.1 Å². The number of pyridine rings is 4. The molecule has 0 atom stereocenters. The zero-order chi connectivity index (χ0) is 65.3. The predicted octanol–water partition coefficient (Wildman–Crippen LogP) is 9.51. The van der Waals surface area contributed by atoms with Gasteiger partial charge in [0.2, 0.25) is 42.6 Å². The summed E-state index contributed by atoms with van der Waals surface area (Å²) in [4.78, 5) is 9.26. The van der Waals surface area contributed by atoms with Crippen LogP contribution in [0, 0.1) is 14.9 Å². The van der Waals surface area contributed by atoms with Crippen LogP contribution in [0.25, 0.3) is 134 Å². The molecule has 5 aliphatic heterocycles. The van der Waals surface area contributed by atoms with Gasteiger partial charge in [-0.25, -0.2) is 14.1 Å². The van der Waals surface area contributed by atoms with Gasteiger partial charge in [-0.3, -0.25) is 9.55 Å². The van der Waals surface area contributed by atoms with Crippen LogP contribution in [0.4, 0.5) is 0 Å². The fourth-order valence-electron chi connectivity index (χ4n) is 15.7. The van der Waals surface area contributed by atoms with E-state index in [1.807, 2.05) is 83.9 Å². The first kappa shape index (κ1) is 63.5. The summed E-state index contributed by atoms with van der Waals surface area (Å²) >= 11 is 0. The van der Waals surface area contributed by atoms with E-state index in [1.54, 1.807) is 0 Å². The summed E-state index contributed by atoms with van der Waals surface area (Å²) < 4.78 is 31.2. The SMILES string of the molecule is C[n+]1ccc[n+]2c1-c1cc(-c3ccccc3)nn1C2.C[n+]1ccc[n+]2c1-c1ccnn1C2.C[n+]1ccc[n+]2c1-c1cnc(-c3ccccc3)n1C2.C[n+]1cccc2c1c1cccc3c1c1n(c(-c4ccccc4)c[n+]21)C3.[CH3-].[CH3-].[Zn+2].c1cc2c3c(c1)c1ncccc1n1c4ccccc4[n+](c31)C2. The van der Waals surface area contributed by atoms with Crippen LogP contribution in [-0.4, -0.2) is 43.1 Å². The minimum atomic E-state index is 0. The van der Waals surface area contributed by atoms with Gasteiger partial charge in [-0.15, -0.1) is 27.4 Å². The van der Waals surface area contributed by atoms with Crippen molar-refractivity contribution >= 4 is 65.9 Å². The monoisotopic (exact) mass is 1370 g/mol.